The number of aryl methyl sites for hydroxylation is 2. The Morgan fingerprint density at radius 2 is 1.76 bits per heavy atom. The largest absolute Gasteiger partial charge is 0.481 e. The number of nitrogens with one attached hydrogen (secondary N) is 4. The lowest BCUT2D eigenvalue weighted by Crippen LogP contribution is -2.20. The van der Waals surface area contributed by atoms with Gasteiger partial charge in [-0.25, -0.2) is 14.6 Å². The molecule has 0 unspecified atom stereocenters. The molecule has 12 heteroatoms. The highest BCUT2D eigenvalue weighted by Crippen LogP contribution is 2.41. The minimum atomic E-state index is -0.208. The van der Waals surface area contributed by atoms with Crippen LogP contribution in [0.4, 0.5) is 11.5 Å². The first-order valence-corrected chi connectivity index (χ1v) is 16.6. The van der Waals surface area contributed by atoms with E-state index in [0.29, 0.717) is 22.1 Å². The van der Waals surface area contributed by atoms with Crippen LogP contribution >= 0.6 is 11.6 Å². The molecular formula is C37H45ClN8O3. The van der Waals surface area contributed by atoms with Gasteiger partial charge in [-0.3, -0.25) is 9.59 Å². The Balaban J connectivity index is 0.000000429. The van der Waals surface area contributed by atoms with Gasteiger partial charge >= 0.3 is 0 Å². The maximum atomic E-state index is 12.8. The number of anilines is 2. The SMILES string of the molecule is CNC.CNCCCNC=O.COc1nc(-c2cccc(-c3cccc(Nc4nccc5cnn(C)c(=O)c45)c3C)c2Cl)cc2c1CCC2. The number of nitrogens with zero attached hydrogens (tertiary/aromatic N) is 4. The average Bonchev–Trinajstić information content (AvgIpc) is 3.59. The summed E-state index contributed by atoms with van der Waals surface area (Å²) in [6, 6.07) is 15.9. The number of hydrogen-bond acceptors (Lipinski definition) is 9. The van der Waals surface area contributed by atoms with Crippen molar-refractivity contribution in [3.8, 4) is 28.3 Å². The molecule has 0 fully saturated rings. The number of pyridine rings is 2. The first kappa shape index (κ1) is 37.0. The van der Waals surface area contributed by atoms with Crippen molar-refractivity contribution in [2.45, 2.75) is 32.6 Å². The number of halogens is 1. The predicted octanol–water partition coefficient (Wildman–Crippen LogP) is 5.44. The summed E-state index contributed by atoms with van der Waals surface area (Å²) in [5.74, 6) is 1.17. The Bertz CT molecular complexity index is 1950. The summed E-state index contributed by atoms with van der Waals surface area (Å²) < 4.78 is 6.93. The van der Waals surface area contributed by atoms with Gasteiger partial charge in [0.2, 0.25) is 12.3 Å². The van der Waals surface area contributed by atoms with Gasteiger partial charge in [-0.2, -0.15) is 5.10 Å². The van der Waals surface area contributed by atoms with Gasteiger partial charge in [0, 0.05) is 47.6 Å². The number of rotatable bonds is 10. The highest BCUT2D eigenvalue weighted by molar-refractivity contribution is 6.36. The molecule has 0 atom stereocenters. The first-order valence-electron chi connectivity index (χ1n) is 16.2. The van der Waals surface area contributed by atoms with Crippen molar-refractivity contribution < 1.29 is 9.53 Å². The number of carbonyl (C=O) groups excluding carboxylic acids is 1. The van der Waals surface area contributed by atoms with Crippen molar-refractivity contribution >= 4 is 40.3 Å². The molecule has 4 N–H and O–H groups in total. The van der Waals surface area contributed by atoms with Crippen LogP contribution in [0.3, 0.4) is 0 Å². The van der Waals surface area contributed by atoms with E-state index in [0.717, 1.165) is 84.2 Å². The number of aromatic nitrogens is 4. The summed E-state index contributed by atoms with van der Waals surface area (Å²) in [6.07, 6.45) is 8.17. The summed E-state index contributed by atoms with van der Waals surface area (Å²) in [6.45, 7) is 3.76. The quantitative estimate of drug-likeness (QED) is 0.112. The third kappa shape index (κ3) is 8.80. The van der Waals surface area contributed by atoms with Crippen molar-refractivity contribution in [1.29, 1.82) is 0 Å². The Labute approximate surface area is 292 Å². The smallest absolute Gasteiger partial charge is 0.278 e. The minimum Gasteiger partial charge on any atom is -0.481 e. The maximum absolute atomic E-state index is 12.8. The zero-order chi connectivity index (χ0) is 35.3. The summed E-state index contributed by atoms with van der Waals surface area (Å²) in [5.41, 5.74) is 7.64. The molecule has 0 spiro atoms. The van der Waals surface area contributed by atoms with Crippen LogP contribution in [0.2, 0.25) is 5.02 Å². The zero-order valence-corrected chi connectivity index (χ0v) is 29.7. The average molecular weight is 685 g/mol. The van der Waals surface area contributed by atoms with E-state index in [4.69, 9.17) is 21.3 Å². The van der Waals surface area contributed by atoms with Crippen LogP contribution in [0.15, 0.2) is 65.7 Å². The van der Waals surface area contributed by atoms with Crippen LogP contribution < -0.4 is 31.6 Å². The molecule has 258 valence electrons. The Morgan fingerprint density at radius 3 is 2.49 bits per heavy atom. The van der Waals surface area contributed by atoms with E-state index >= 15 is 0 Å². The second-order valence-electron chi connectivity index (χ2n) is 11.5. The van der Waals surface area contributed by atoms with E-state index < -0.39 is 0 Å². The molecule has 11 nitrogen and oxygen atoms in total. The normalized spacial score (nSPS) is 11.5. The lowest BCUT2D eigenvalue weighted by Gasteiger charge is -2.17. The second-order valence-corrected chi connectivity index (χ2v) is 11.9. The fourth-order valence-electron chi connectivity index (χ4n) is 5.67. The van der Waals surface area contributed by atoms with E-state index in [9.17, 15) is 9.59 Å². The van der Waals surface area contributed by atoms with Crippen LogP contribution in [-0.2, 0) is 24.7 Å². The number of benzene rings is 2. The molecule has 49 heavy (non-hydrogen) atoms. The molecule has 0 saturated heterocycles. The molecule has 0 saturated carbocycles. The number of ether oxygens (including phenoxy) is 1. The fourth-order valence-corrected chi connectivity index (χ4v) is 6.00. The highest BCUT2D eigenvalue weighted by Gasteiger charge is 2.21. The number of carbonyl (C=O) groups is 1. The van der Waals surface area contributed by atoms with Gasteiger partial charge in [-0.15, -0.1) is 0 Å². The van der Waals surface area contributed by atoms with Gasteiger partial charge in [0.05, 0.1) is 29.4 Å². The Hall–Kier alpha value is -4.84. The molecule has 1 aliphatic rings. The topological polar surface area (TPSA) is 135 Å². The number of fused-ring (bicyclic) bond motifs is 2. The molecule has 5 aromatic rings. The van der Waals surface area contributed by atoms with E-state index in [1.54, 1.807) is 32.6 Å². The second kappa shape index (κ2) is 18.1. The van der Waals surface area contributed by atoms with Crippen LogP contribution in [0, 0.1) is 6.92 Å². The van der Waals surface area contributed by atoms with Crippen molar-refractivity contribution in [2.75, 3.05) is 46.7 Å². The molecule has 0 aliphatic heterocycles. The number of hydrogen-bond donors (Lipinski definition) is 4. The molecule has 3 aromatic heterocycles. The molecule has 0 bridgehead atoms. The molecule has 1 aliphatic carbocycles. The fraction of sp³-hybridized carbons (Fsp3) is 0.324. The van der Waals surface area contributed by atoms with Crippen LogP contribution in [0.25, 0.3) is 33.2 Å². The molecule has 0 radical (unpaired) electrons. The molecule has 6 rings (SSSR count). The van der Waals surface area contributed by atoms with Crippen LogP contribution in [0.5, 0.6) is 5.88 Å². The van der Waals surface area contributed by atoms with Crippen molar-refractivity contribution in [2.24, 2.45) is 7.05 Å². The number of amides is 1. The maximum Gasteiger partial charge on any atom is 0.278 e. The lowest BCUT2D eigenvalue weighted by atomic mass is 9.96. The third-order valence-electron chi connectivity index (χ3n) is 8.09. The molecule has 2 aromatic carbocycles. The van der Waals surface area contributed by atoms with Gasteiger partial charge < -0.3 is 26.0 Å². The number of methoxy groups -OCH3 is 1. The van der Waals surface area contributed by atoms with Gasteiger partial charge in [-0.05, 0) is 95.2 Å². The first-order chi connectivity index (χ1) is 23.8. The highest BCUT2D eigenvalue weighted by atomic mass is 35.5. The van der Waals surface area contributed by atoms with Gasteiger partial charge in [0.1, 0.15) is 5.82 Å². The summed E-state index contributed by atoms with van der Waals surface area (Å²) in [4.78, 5) is 31.7. The summed E-state index contributed by atoms with van der Waals surface area (Å²) in [5, 5.41) is 17.6. The van der Waals surface area contributed by atoms with E-state index in [2.05, 4.69) is 37.4 Å². The third-order valence-corrected chi connectivity index (χ3v) is 8.50. The minimum absolute atomic E-state index is 0.208. The van der Waals surface area contributed by atoms with Gasteiger partial charge in [0.15, 0.2) is 0 Å². The Morgan fingerprint density at radius 1 is 1.02 bits per heavy atom. The van der Waals surface area contributed by atoms with Gasteiger partial charge in [-0.1, -0.05) is 41.9 Å². The summed E-state index contributed by atoms with van der Waals surface area (Å²) in [7, 11) is 8.94. The lowest BCUT2D eigenvalue weighted by molar-refractivity contribution is -0.109. The van der Waals surface area contributed by atoms with E-state index in [1.165, 1.54) is 15.8 Å². The standard InChI is InChI=1S/C30H26ClN5O2.C5H12N2O.C2H7N/c1-17-20(8-6-12-24(17)34-28-26-19(13-14-32-28)16-33-36(2)30(26)37)22-10-5-11-23(27(22)31)25-15-18-7-4-9-21(18)29(35-25)38-3;1-6-3-2-4-7-5-8;1-3-2/h5-6,8,10-16H,4,7,9H2,1-3H3,(H,32,34);5-6H,2-4H2,1H3,(H,7,8);3H,1-2H3. The predicted molar refractivity (Wildman–Crippen MR) is 199 cm³/mol. The van der Waals surface area contributed by atoms with Crippen LogP contribution in [0.1, 0.15) is 29.5 Å². The molecule has 3 heterocycles. The van der Waals surface area contributed by atoms with Crippen molar-refractivity contribution in [1.82, 2.24) is 35.7 Å². The Kier molecular flexibility index (Phi) is 13.6. The van der Waals surface area contributed by atoms with Gasteiger partial charge in [0.25, 0.3) is 5.56 Å². The monoisotopic (exact) mass is 684 g/mol. The van der Waals surface area contributed by atoms with E-state index in [-0.39, 0.29) is 5.56 Å². The summed E-state index contributed by atoms with van der Waals surface area (Å²) >= 11 is 7.06. The molecular weight excluding hydrogens is 640 g/mol. The zero-order valence-electron chi connectivity index (χ0n) is 29.0. The van der Waals surface area contributed by atoms with Crippen molar-refractivity contribution in [3.05, 3.63) is 93.0 Å². The van der Waals surface area contributed by atoms with Crippen LogP contribution in [-0.4, -0.2) is 67.5 Å². The van der Waals surface area contributed by atoms with E-state index in [1.807, 2.05) is 64.5 Å². The molecule has 1 amide bonds. The van der Waals surface area contributed by atoms with Crippen molar-refractivity contribution in [3.63, 3.8) is 0 Å².